The maximum Gasteiger partial charge on any atom is 0.311 e. The highest BCUT2D eigenvalue weighted by molar-refractivity contribution is 5.76. The van der Waals surface area contributed by atoms with Crippen LogP contribution in [0.5, 0.6) is 0 Å². The molecule has 9 atom stereocenters. The Morgan fingerprint density at radius 1 is 0.971 bits per heavy atom. The number of aldehydes is 1. The summed E-state index contributed by atoms with van der Waals surface area (Å²) in [6.45, 7) is 13.9. The fraction of sp³-hybridized carbons (Fsp3) is 0.871. The van der Waals surface area contributed by atoms with E-state index in [2.05, 4.69) is 47.6 Å². The van der Waals surface area contributed by atoms with E-state index in [-0.39, 0.29) is 45.1 Å². The third-order valence-electron chi connectivity index (χ3n) is 13.3. The van der Waals surface area contributed by atoms with Gasteiger partial charge in [-0.3, -0.25) is 4.79 Å². The summed E-state index contributed by atoms with van der Waals surface area (Å²) in [6, 6.07) is 0. The molecule has 0 radical (unpaired) electrons. The van der Waals surface area contributed by atoms with Crippen molar-refractivity contribution in [1.82, 2.24) is 0 Å². The number of rotatable bonds is 2. The SMILES string of the molecule is COC(=O)[C@@]1(C)CC[C@]2(C)CC[C@]3(C)C(=CC[C@@H]4[C@@]5(C=O)CC[C@H](O)C(C)(C)[C@@H]5CC[C@]43C)[C@@H]2C1. The van der Waals surface area contributed by atoms with E-state index in [1.54, 1.807) is 5.57 Å². The molecule has 4 saturated carbocycles. The van der Waals surface area contributed by atoms with Crippen LogP contribution in [0.25, 0.3) is 0 Å². The number of aliphatic hydroxyl groups excluding tert-OH is 1. The summed E-state index contributed by atoms with van der Waals surface area (Å²) < 4.78 is 5.27. The molecule has 0 aliphatic heterocycles. The van der Waals surface area contributed by atoms with Crippen molar-refractivity contribution in [2.75, 3.05) is 7.11 Å². The summed E-state index contributed by atoms with van der Waals surface area (Å²) in [7, 11) is 1.53. The largest absolute Gasteiger partial charge is 0.469 e. The molecular weight excluding hydrogens is 436 g/mol. The van der Waals surface area contributed by atoms with Crippen LogP contribution in [0.2, 0.25) is 0 Å². The van der Waals surface area contributed by atoms with Crippen molar-refractivity contribution < 1.29 is 19.4 Å². The number of carbonyl (C=O) groups is 2. The molecule has 0 aromatic carbocycles. The summed E-state index contributed by atoms with van der Waals surface area (Å²) in [5, 5.41) is 10.9. The Morgan fingerprint density at radius 2 is 1.66 bits per heavy atom. The lowest BCUT2D eigenvalue weighted by atomic mass is 9.33. The normalized spacial score (nSPS) is 52.6. The lowest BCUT2D eigenvalue weighted by Gasteiger charge is -2.70. The van der Waals surface area contributed by atoms with E-state index in [0.29, 0.717) is 11.8 Å². The first-order valence-corrected chi connectivity index (χ1v) is 14.2. The van der Waals surface area contributed by atoms with Crippen molar-refractivity contribution in [3.63, 3.8) is 0 Å². The zero-order valence-electron chi connectivity index (χ0n) is 23.2. The maximum atomic E-state index is 13.1. The van der Waals surface area contributed by atoms with Crippen LogP contribution in [-0.4, -0.2) is 30.6 Å². The summed E-state index contributed by atoms with van der Waals surface area (Å²) in [5.74, 6) is 0.882. The average molecular weight is 485 g/mol. The number of allylic oxidation sites excluding steroid dienone is 2. The molecule has 1 N–H and O–H groups in total. The summed E-state index contributed by atoms with van der Waals surface area (Å²) in [6.07, 6.45) is 13.3. The van der Waals surface area contributed by atoms with Crippen molar-refractivity contribution in [3.05, 3.63) is 11.6 Å². The van der Waals surface area contributed by atoms with Gasteiger partial charge < -0.3 is 14.6 Å². The Labute approximate surface area is 212 Å². The molecule has 5 aliphatic carbocycles. The Bertz CT molecular complexity index is 952. The second-order valence-corrected chi connectivity index (χ2v) is 14.9. The molecule has 4 heteroatoms. The molecule has 0 aromatic rings. The van der Waals surface area contributed by atoms with Gasteiger partial charge in [-0.05, 0) is 111 Å². The highest BCUT2D eigenvalue weighted by Gasteiger charge is 2.69. The number of methoxy groups -OCH3 is 1. The number of hydrogen-bond donors (Lipinski definition) is 1. The van der Waals surface area contributed by atoms with Crippen LogP contribution in [0.15, 0.2) is 11.6 Å². The topological polar surface area (TPSA) is 63.6 Å². The Hall–Kier alpha value is -1.16. The third kappa shape index (κ3) is 3.07. The average Bonchev–Trinajstić information content (AvgIpc) is 2.82. The summed E-state index contributed by atoms with van der Waals surface area (Å²) >= 11 is 0. The van der Waals surface area contributed by atoms with Crippen LogP contribution in [0.4, 0.5) is 0 Å². The van der Waals surface area contributed by atoms with E-state index < -0.39 is 5.41 Å². The van der Waals surface area contributed by atoms with Gasteiger partial charge in [0.2, 0.25) is 0 Å². The third-order valence-corrected chi connectivity index (χ3v) is 13.3. The van der Waals surface area contributed by atoms with E-state index in [0.717, 1.165) is 51.4 Å². The first-order valence-electron chi connectivity index (χ1n) is 14.2. The number of hydrogen-bond acceptors (Lipinski definition) is 4. The molecule has 196 valence electrons. The second kappa shape index (κ2) is 7.68. The maximum absolute atomic E-state index is 13.1. The number of esters is 1. The molecule has 0 amide bonds. The lowest BCUT2D eigenvalue weighted by molar-refractivity contribution is -0.203. The van der Waals surface area contributed by atoms with Crippen molar-refractivity contribution in [3.8, 4) is 0 Å². The van der Waals surface area contributed by atoms with Crippen molar-refractivity contribution in [2.45, 2.75) is 112 Å². The highest BCUT2D eigenvalue weighted by atomic mass is 16.5. The van der Waals surface area contributed by atoms with Gasteiger partial charge in [-0.2, -0.15) is 0 Å². The zero-order valence-corrected chi connectivity index (χ0v) is 23.2. The Kier molecular flexibility index (Phi) is 5.59. The zero-order chi connectivity index (χ0) is 25.7. The molecular formula is C31H48O4. The molecule has 0 spiro atoms. The monoisotopic (exact) mass is 484 g/mol. The highest BCUT2D eigenvalue weighted by Crippen LogP contribution is 2.75. The molecule has 4 nitrogen and oxygen atoms in total. The smallest absolute Gasteiger partial charge is 0.311 e. The van der Waals surface area contributed by atoms with E-state index in [4.69, 9.17) is 4.74 Å². The van der Waals surface area contributed by atoms with Gasteiger partial charge in [-0.1, -0.05) is 46.3 Å². The van der Waals surface area contributed by atoms with Crippen molar-refractivity contribution >= 4 is 12.3 Å². The molecule has 0 bridgehead atoms. The van der Waals surface area contributed by atoms with Gasteiger partial charge in [0.25, 0.3) is 0 Å². The first kappa shape index (κ1) is 25.5. The number of ether oxygens (including phenoxy) is 1. The van der Waals surface area contributed by atoms with E-state index in [1.165, 1.54) is 26.2 Å². The minimum Gasteiger partial charge on any atom is -0.469 e. The van der Waals surface area contributed by atoms with Gasteiger partial charge in [-0.25, -0.2) is 0 Å². The molecule has 35 heavy (non-hydrogen) atoms. The minimum absolute atomic E-state index is 0.0374. The number of carbonyl (C=O) groups excluding carboxylic acids is 2. The van der Waals surface area contributed by atoms with Gasteiger partial charge in [0.05, 0.1) is 18.6 Å². The predicted octanol–water partition coefficient (Wildman–Crippen LogP) is 6.50. The molecule has 5 aliphatic rings. The molecule has 0 saturated heterocycles. The van der Waals surface area contributed by atoms with Gasteiger partial charge >= 0.3 is 5.97 Å². The van der Waals surface area contributed by atoms with Crippen LogP contribution in [0.3, 0.4) is 0 Å². The second-order valence-electron chi connectivity index (χ2n) is 14.9. The molecule has 0 unspecified atom stereocenters. The predicted molar refractivity (Wildman–Crippen MR) is 137 cm³/mol. The summed E-state index contributed by atoms with van der Waals surface area (Å²) in [5.41, 5.74) is 0.897. The lowest BCUT2D eigenvalue weighted by Crippen LogP contribution is -2.65. The standard InChI is InChI=1S/C31H48O4/c1-26(2)22-10-12-30(6)23(31(22,19-32)13-11-24(26)33)9-8-20-21-18-28(4,25(34)35-7)15-14-27(21,3)16-17-29(20,30)5/h8,19,21-24,33H,9-18H2,1-7H3/t21-,22-,23-,24-,27+,28-,29+,30+,31+/m0/s1. The van der Waals surface area contributed by atoms with Crippen LogP contribution in [-0.2, 0) is 14.3 Å². The van der Waals surface area contributed by atoms with Crippen LogP contribution in [0.1, 0.15) is 106 Å². The fourth-order valence-electron chi connectivity index (χ4n) is 10.5. The van der Waals surface area contributed by atoms with Gasteiger partial charge in [0, 0.05) is 5.41 Å². The van der Waals surface area contributed by atoms with E-state index >= 15 is 0 Å². The van der Waals surface area contributed by atoms with Gasteiger partial charge in [-0.15, -0.1) is 0 Å². The van der Waals surface area contributed by atoms with Gasteiger partial charge in [0.15, 0.2) is 0 Å². The van der Waals surface area contributed by atoms with Crippen LogP contribution < -0.4 is 0 Å². The van der Waals surface area contributed by atoms with Crippen LogP contribution >= 0.6 is 0 Å². The number of fused-ring (bicyclic) bond motifs is 7. The van der Waals surface area contributed by atoms with Gasteiger partial charge in [0.1, 0.15) is 6.29 Å². The molecule has 5 rings (SSSR count). The molecule has 4 fully saturated rings. The quantitative estimate of drug-likeness (QED) is 0.276. The molecule has 0 heterocycles. The molecule has 0 aromatic heterocycles. The Morgan fingerprint density at radius 3 is 2.31 bits per heavy atom. The van der Waals surface area contributed by atoms with E-state index in [1.807, 2.05) is 0 Å². The Balaban J connectivity index is 1.58. The minimum atomic E-state index is -0.416. The van der Waals surface area contributed by atoms with Crippen molar-refractivity contribution in [2.24, 2.45) is 50.2 Å². The van der Waals surface area contributed by atoms with E-state index in [9.17, 15) is 14.7 Å². The first-order chi connectivity index (χ1) is 16.2. The number of aliphatic hydroxyl groups is 1. The van der Waals surface area contributed by atoms with Crippen molar-refractivity contribution in [1.29, 1.82) is 0 Å². The summed E-state index contributed by atoms with van der Waals surface area (Å²) in [4.78, 5) is 25.9. The fourth-order valence-corrected chi connectivity index (χ4v) is 10.5. The van der Waals surface area contributed by atoms with Crippen LogP contribution in [0, 0.1) is 50.2 Å².